The molecule has 0 radical (unpaired) electrons. The molecule has 5 aliphatic rings. The van der Waals surface area contributed by atoms with Gasteiger partial charge in [0.25, 0.3) is 0 Å². The molecule has 0 amide bonds. The van der Waals surface area contributed by atoms with Crippen molar-refractivity contribution in [2.24, 2.45) is 40.4 Å². The monoisotopic (exact) mass is 638 g/mol. The number of rotatable bonds is 10. The second-order valence-corrected chi connectivity index (χ2v) is 15.5. The smallest absolute Gasteiger partial charge is 0.331 e. The lowest BCUT2D eigenvalue weighted by atomic mass is 9.42. The number of carboxylic acid groups (broad SMARTS) is 1. The number of benzene rings is 1. The molecule has 46 heavy (non-hydrogen) atoms. The van der Waals surface area contributed by atoms with Crippen LogP contribution >= 0.6 is 0 Å². The summed E-state index contributed by atoms with van der Waals surface area (Å²) in [6.07, 6.45) is 8.76. The van der Waals surface area contributed by atoms with E-state index < -0.39 is 23.1 Å². The van der Waals surface area contributed by atoms with Crippen molar-refractivity contribution < 1.29 is 44.3 Å². The number of aliphatic carboxylic acids is 1. The van der Waals surface area contributed by atoms with Crippen molar-refractivity contribution in [3.8, 4) is 5.75 Å². The van der Waals surface area contributed by atoms with Crippen LogP contribution in [0.25, 0.3) is 0 Å². The van der Waals surface area contributed by atoms with Crippen molar-refractivity contribution >= 4 is 17.9 Å². The maximum absolute atomic E-state index is 13.1. The molecule has 1 aliphatic heterocycles. The first kappa shape index (κ1) is 33.0. The van der Waals surface area contributed by atoms with Gasteiger partial charge in [0.15, 0.2) is 0 Å². The molecule has 6 rings (SSSR count). The van der Waals surface area contributed by atoms with Crippen molar-refractivity contribution in [1.29, 1.82) is 0 Å². The Labute approximate surface area is 271 Å². The minimum absolute atomic E-state index is 0.0585. The number of ether oxygens (including phenoxy) is 2. The lowest BCUT2D eigenvalue weighted by molar-refractivity contribution is -0.245. The maximum Gasteiger partial charge on any atom is 0.331 e. The van der Waals surface area contributed by atoms with Gasteiger partial charge in [0.1, 0.15) is 18.5 Å². The number of phenols is 1. The van der Waals surface area contributed by atoms with E-state index in [0.717, 1.165) is 56.1 Å². The van der Waals surface area contributed by atoms with E-state index in [0.29, 0.717) is 31.6 Å². The summed E-state index contributed by atoms with van der Waals surface area (Å²) in [6, 6.07) is 6.98. The highest BCUT2D eigenvalue weighted by Crippen LogP contribution is 2.70. The number of hydrogen-bond donors (Lipinski definition) is 4. The number of aryl methyl sites for hydroxylation is 1. The van der Waals surface area contributed by atoms with Crippen LogP contribution in [-0.4, -0.2) is 62.7 Å². The summed E-state index contributed by atoms with van der Waals surface area (Å²) < 4.78 is 11.2. The lowest BCUT2D eigenvalue weighted by Gasteiger charge is -2.65. The van der Waals surface area contributed by atoms with Crippen molar-refractivity contribution in [3.05, 3.63) is 41.5 Å². The van der Waals surface area contributed by atoms with Gasteiger partial charge in [-0.2, -0.15) is 0 Å². The van der Waals surface area contributed by atoms with E-state index in [2.05, 4.69) is 6.92 Å². The van der Waals surface area contributed by atoms with Crippen LogP contribution in [0.1, 0.15) is 96.5 Å². The molecule has 1 aromatic rings. The predicted molar refractivity (Wildman–Crippen MR) is 168 cm³/mol. The van der Waals surface area contributed by atoms with Gasteiger partial charge in [-0.05, 0) is 129 Å². The number of esters is 2. The molecular weight excluding hydrogens is 588 g/mol. The zero-order valence-electron chi connectivity index (χ0n) is 27.2. The average molecular weight is 639 g/mol. The van der Waals surface area contributed by atoms with Crippen LogP contribution in [0, 0.1) is 40.4 Å². The van der Waals surface area contributed by atoms with Gasteiger partial charge in [0.2, 0.25) is 0 Å². The molecule has 0 bridgehead atoms. The average Bonchev–Trinajstić information content (AvgIpc) is 3.55. The fourth-order valence-corrected chi connectivity index (χ4v) is 10.7. The molecule has 4 aliphatic carbocycles. The Bertz CT molecular complexity index is 1350. The molecule has 10 atom stereocenters. The normalized spacial score (nSPS) is 39.0. The van der Waals surface area contributed by atoms with E-state index in [-0.39, 0.29) is 72.3 Å². The van der Waals surface area contributed by atoms with Crippen molar-refractivity contribution in [2.75, 3.05) is 6.61 Å². The number of cyclic esters (lactones) is 1. The summed E-state index contributed by atoms with van der Waals surface area (Å²) in [7, 11) is 0. The van der Waals surface area contributed by atoms with E-state index in [4.69, 9.17) is 9.47 Å². The summed E-state index contributed by atoms with van der Waals surface area (Å²) in [5.74, 6) is -1.26. The van der Waals surface area contributed by atoms with Gasteiger partial charge in [-0.15, -0.1) is 0 Å². The molecule has 2 unspecified atom stereocenters. The largest absolute Gasteiger partial charge is 0.508 e. The number of aliphatic hydroxyl groups excluding tert-OH is 1. The van der Waals surface area contributed by atoms with E-state index in [1.165, 1.54) is 0 Å². The third-order valence-electron chi connectivity index (χ3n) is 13.3. The third kappa shape index (κ3) is 5.87. The summed E-state index contributed by atoms with van der Waals surface area (Å²) >= 11 is 0. The zero-order chi connectivity index (χ0) is 32.9. The number of phenolic OH excluding ortho intramolecular Hbond substituents is 1. The lowest BCUT2D eigenvalue weighted by Crippen LogP contribution is -2.67. The van der Waals surface area contributed by atoms with Gasteiger partial charge in [-0.25, -0.2) is 4.79 Å². The second-order valence-electron chi connectivity index (χ2n) is 15.5. The number of aromatic hydroxyl groups is 1. The topological polar surface area (TPSA) is 151 Å². The van der Waals surface area contributed by atoms with Gasteiger partial charge in [0.05, 0.1) is 11.7 Å². The Kier molecular flexibility index (Phi) is 9.04. The van der Waals surface area contributed by atoms with Crippen molar-refractivity contribution in [2.45, 2.75) is 115 Å². The molecule has 9 heteroatoms. The summed E-state index contributed by atoms with van der Waals surface area (Å²) in [4.78, 5) is 36.5. The molecule has 1 aromatic carbocycles. The van der Waals surface area contributed by atoms with Gasteiger partial charge in [0, 0.05) is 24.3 Å². The molecule has 0 saturated heterocycles. The Morgan fingerprint density at radius 2 is 1.78 bits per heavy atom. The number of carbonyl (C=O) groups excluding carboxylic acids is 2. The molecule has 0 aromatic heterocycles. The van der Waals surface area contributed by atoms with Gasteiger partial charge >= 0.3 is 17.9 Å². The van der Waals surface area contributed by atoms with Crippen LogP contribution in [0.15, 0.2) is 35.9 Å². The summed E-state index contributed by atoms with van der Waals surface area (Å²) in [5.41, 5.74) is 0.104. The Hall–Kier alpha value is -2.91. The highest BCUT2D eigenvalue weighted by atomic mass is 16.5. The van der Waals surface area contributed by atoms with Crippen molar-refractivity contribution in [1.82, 2.24) is 0 Å². The minimum Gasteiger partial charge on any atom is -0.508 e. The quantitative estimate of drug-likeness (QED) is 0.249. The molecule has 9 nitrogen and oxygen atoms in total. The van der Waals surface area contributed by atoms with E-state index in [1.54, 1.807) is 18.2 Å². The SMILES string of the molecule is C[C@]12CC[C@H](OC(=O)CC(CCCc3ccc(O)cc3)CC(=O)O)C[C@H]1CC[C@@H]1[C@@H]2C[C@@H](O)[C@]2(C)[C@@H](C3=CC(=O)OC3)CCC12O. The molecule has 0 spiro atoms. The second kappa shape index (κ2) is 12.6. The van der Waals surface area contributed by atoms with E-state index in [1.807, 2.05) is 19.1 Å². The fourth-order valence-electron chi connectivity index (χ4n) is 10.7. The number of carboxylic acids is 1. The molecule has 4 saturated carbocycles. The van der Waals surface area contributed by atoms with Gasteiger partial charge in [-0.3, -0.25) is 9.59 Å². The first-order valence-corrected chi connectivity index (χ1v) is 17.3. The summed E-state index contributed by atoms with van der Waals surface area (Å²) in [6.45, 7) is 4.57. The number of carbonyl (C=O) groups is 3. The van der Waals surface area contributed by atoms with Crippen LogP contribution in [-0.2, 0) is 30.3 Å². The Morgan fingerprint density at radius 3 is 2.48 bits per heavy atom. The van der Waals surface area contributed by atoms with Gasteiger partial charge < -0.3 is 29.9 Å². The number of fused-ring (bicyclic) bond motifs is 5. The van der Waals surface area contributed by atoms with E-state index in [9.17, 15) is 34.8 Å². The third-order valence-corrected chi connectivity index (χ3v) is 13.3. The minimum atomic E-state index is -1.02. The fraction of sp³-hybridized carbons (Fsp3) is 0.703. The number of aliphatic hydroxyl groups is 2. The highest BCUT2D eigenvalue weighted by molar-refractivity contribution is 5.85. The Morgan fingerprint density at radius 1 is 1.02 bits per heavy atom. The van der Waals surface area contributed by atoms with Crippen LogP contribution in [0.5, 0.6) is 5.75 Å². The first-order chi connectivity index (χ1) is 21.8. The maximum atomic E-state index is 13.1. The molecule has 252 valence electrons. The van der Waals surface area contributed by atoms with Crippen LogP contribution in [0.3, 0.4) is 0 Å². The molecule has 4 N–H and O–H groups in total. The van der Waals surface area contributed by atoms with Gasteiger partial charge in [-0.1, -0.05) is 26.0 Å². The number of hydrogen-bond acceptors (Lipinski definition) is 8. The predicted octanol–water partition coefficient (Wildman–Crippen LogP) is 5.34. The highest BCUT2D eigenvalue weighted by Gasteiger charge is 2.70. The molecule has 4 fully saturated rings. The standard InChI is InChI=1S/C37H50O9/c1-35-14-12-27(46-34(43)17-23(16-32(40)41)5-3-4-22-6-9-26(38)10-7-22)19-25(35)8-11-29-30(35)20-31(39)36(2)28(13-15-37(29,36)44)24-18-33(42)45-21-24/h6-7,9-10,18,23,25,27-31,38-39,44H,3-5,8,11-17,19-21H2,1-2H3,(H,40,41)/t23?,25-,27+,28-,29-,30+,31-,35+,36+,37?/m1/s1. The van der Waals surface area contributed by atoms with Crippen LogP contribution in [0.4, 0.5) is 0 Å². The Balaban J connectivity index is 1.06. The zero-order valence-corrected chi connectivity index (χ0v) is 27.2. The van der Waals surface area contributed by atoms with Crippen LogP contribution in [0.2, 0.25) is 0 Å². The first-order valence-electron chi connectivity index (χ1n) is 17.3. The van der Waals surface area contributed by atoms with E-state index >= 15 is 0 Å². The summed E-state index contributed by atoms with van der Waals surface area (Å²) in [5, 5.41) is 43.2. The molecule has 1 heterocycles. The van der Waals surface area contributed by atoms with Crippen molar-refractivity contribution in [3.63, 3.8) is 0 Å². The van der Waals surface area contributed by atoms with Crippen LogP contribution < -0.4 is 0 Å². The molecular formula is C37H50O9.